The lowest BCUT2D eigenvalue weighted by Crippen LogP contribution is -2.30. The Bertz CT molecular complexity index is 338. The van der Waals surface area contributed by atoms with E-state index in [4.69, 9.17) is 10.5 Å². The monoisotopic (exact) mass is 224 g/mol. The van der Waals surface area contributed by atoms with Gasteiger partial charge in [-0.25, -0.2) is 0 Å². The molecular weight excluding hydrogens is 204 g/mol. The van der Waals surface area contributed by atoms with Gasteiger partial charge in [0.25, 0.3) is 0 Å². The molecular formula is C11H20N4O. The van der Waals surface area contributed by atoms with Crippen molar-refractivity contribution in [2.45, 2.75) is 12.0 Å². The second kappa shape index (κ2) is 4.95. The normalized spacial score (nSPS) is 26.4. The molecule has 0 aliphatic carbocycles. The molecule has 1 saturated heterocycles. The molecule has 0 spiro atoms. The number of nitrogens with zero attached hydrogens (tertiary/aromatic N) is 3. The maximum absolute atomic E-state index is 6.16. The van der Waals surface area contributed by atoms with E-state index >= 15 is 0 Å². The van der Waals surface area contributed by atoms with E-state index in [0.717, 1.165) is 26.2 Å². The maximum atomic E-state index is 6.16. The van der Waals surface area contributed by atoms with Crippen LogP contribution in [0.15, 0.2) is 12.4 Å². The number of aryl methyl sites for hydroxylation is 1. The molecule has 90 valence electrons. The number of nitrogens with two attached hydrogens (primary N) is 1. The summed E-state index contributed by atoms with van der Waals surface area (Å²) in [5.74, 6) is 0.408. The van der Waals surface area contributed by atoms with Crippen molar-refractivity contribution in [3.05, 3.63) is 18.0 Å². The lowest BCUT2D eigenvalue weighted by molar-refractivity contribution is 0.160. The molecule has 1 aromatic rings. The van der Waals surface area contributed by atoms with E-state index < -0.39 is 0 Å². The van der Waals surface area contributed by atoms with Crippen LogP contribution in [0.3, 0.4) is 0 Å². The van der Waals surface area contributed by atoms with Gasteiger partial charge in [0, 0.05) is 51.9 Å². The summed E-state index contributed by atoms with van der Waals surface area (Å²) in [5, 5.41) is 4.20. The number of ether oxygens (including phenoxy) is 1. The number of methoxy groups -OCH3 is 1. The van der Waals surface area contributed by atoms with Crippen molar-refractivity contribution < 1.29 is 4.74 Å². The fourth-order valence-corrected chi connectivity index (χ4v) is 2.30. The topological polar surface area (TPSA) is 56.3 Å². The molecule has 1 aliphatic rings. The second-order valence-electron chi connectivity index (χ2n) is 4.47. The predicted molar refractivity (Wildman–Crippen MR) is 62.2 cm³/mol. The van der Waals surface area contributed by atoms with Gasteiger partial charge >= 0.3 is 0 Å². The van der Waals surface area contributed by atoms with Gasteiger partial charge in [0.15, 0.2) is 0 Å². The van der Waals surface area contributed by atoms with Gasteiger partial charge in [0.2, 0.25) is 0 Å². The lowest BCUT2D eigenvalue weighted by atomic mass is 9.98. The van der Waals surface area contributed by atoms with Gasteiger partial charge in [-0.15, -0.1) is 0 Å². The van der Waals surface area contributed by atoms with Gasteiger partial charge in [0.1, 0.15) is 0 Å². The Hall–Kier alpha value is -0.910. The SMILES string of the molecule is COCCN1C[C@@H](N)[C@H](c2cnn(C)c2)C1. The molecule has 0 amide bonds. The van der Waals surface area contributed by atoms with Crippen molar-refractivity contribution in [3.63, 3.8) is 0 Å². The smallest absolute Gasteiger partial charge is 0.0589 e. The highest BCUT2D eigenvalue weighted by Crippen LogP contribution is 2.25. The third kappa shape index (κ3) is 2.42. The van der Waals surface area contributed by atoms with Gasteiger partial charge < -0.3 is 10.5 Å². The molecule has 1 fully saturated rings. The number of aromatic nitrogens is 2. The summed E-state index contributed by atoms with van der Waals surface area (Å²) in [7, 11) is 3.67. The summed E-state index contributed by atoms with van der Waals surface area (Å²) in [6.45, 7) is 3.69. The van der Waals surface area contributed by atoms with E-state index in [9.17, 15) is 0 Å². The molecule has 2 heterocycles. The zero-order valence-corrected chi connectivity index (χ0v) is 9.97. The highest BCUT2D eigenvalue weighted by molar-refractivity contribution is 5.17. The summed E-state index contributed by atoms with van der Waals surface area (Å²) in [5.41, 5.74) is 7.41. The highest BCUT2D eigenvalue weighted by Gasteiger charge is 2.31. The van der Waals surface area contributed by atoms with Gasteiger partial charge in [-0.05, 0) is 5.56 Å². The Kier molecular flexibility index (Phi) is 3.58. The quantitative estimate of drug-likeness (QED) is 0.769. The zero-order chi connectivity index (χ0) is 11.5. The Labute approximate surface area is 96.2 Å². The average molecular weight is 224 g/mol. The van der Waals surface area contributed by atoms with Crippen LogP contribution in [0.2, 0.25) is 0 Å². The summed E-state index contributed by atoms with van der Waals surface area (Å²) in [6, 6.07) is 0.209. The van der Waals surface area contributed by atoms with Crippen LogP contribution in [0.5, 0.6) is 0 Å². The molecule has 0 aromatic carbocycles. The van der Waals surface area contributed by atoms with Gasteiger partial charge in [-0.2, -0.15) is 5.10 Å². The van der Waals surface area contributed by atoms with Crippen molar-refractivity contribution in [2.24, 2.45) is 12.8 Å². The summed E-state index contributed by atoms with van der Waals surface area (Å²) >= 11 is 0. The third-order valence-electron chi connectivity index (χ3n) is 3.21. The predicted octanol–water partition coefficient (Wildman–Crippen LogP) is -0.207. The van der Waals surface area contributed by atoms with Crippen LogP contribution in [-0.4, -0.2) is 54.1 Å². The first-order chi connectivity index (χ1) is 7.70. The van der Waals surface area contributed by atoms with Crippen LogP contribution in [0.4, 0.5) is 0 Å². The molecule has 2 rings (SSSR count). The van der Waals surface area contributed by atoms with Gasteiger partial charge in [-0.1, -0.05) is 0 Å². The largest absolute Gasteiger partial charge is 0.383 e. The Morgan fingerprint density at radius 1 is 1.56 bits per heavy atom. The number of hydrogen-bond donors (Lipinski definition) is 1. The van der Waals surface area contributed by atoms with Gasteiger partial charge in [-0.3, -0.25) is 9.58 Å². The van der Waals surface area contributed by atoms with Crippen LogP contribution in [-0.2, 0) is 11.8 Å². The second-order valence-corrected chi connectivity index (χ2v) is 4.47. The minimum absolute atomic E-state index is 0.209. The Morgan fingerprint density at radius 2 is 2.38 bits per heavy atom. The first kappa shape index (κ1) is 11.6. The van der Waals surface area contributed by atoms with E-state index in [2.05, 4.69) is 16.2 Å². The highest BCUT2D eigenvalue weighted by atomic mass is 16.5. The molecule has 5 heteroatoms. The first-order valence-electron chi connectivity index (χ1n) is 5.66. The van der Waals surface area contributed by atoms with E-state index in [-0.39, 0.29) is 6.04 Å². The first-order valence-corrected chi connectivity index (χ1v) is 5.66. The van der Waals surface area contributed by atoms with Crippen LogP contribution in [0.1, 0.15) is 11.5 Å². The van der Waals surface area contributed by atoms with Crippen LogP contribution < -0.4 is 5.73 Å². The molecule has 2 N–H and O–H groups in total. The molecule has 0 unspecified atom stereocenters. The van der Waals surface area contributed by atoms with Crippen molar-refractivity contribution >= 4 is 0 Å². The fourth-order valence-electron chi connectivity index (χ4n) is 2.30. The zero-order valence-electron chi connectivity index (χ0n) is 9.97. The Balaban J connectivity index is 1.97. The number of likely N-dealkylation sites (tertiary alicyclic amines) is 1. The van der Waals surface area contributed by atoms with Crippen LogP contribution >= 0.6 is 0 Å². The molecule has 0 saturated carbocycles. The number of hydrogen-bond acceptors (Lipinski definition) is 4. The molecule has 0 radical (unpaired) electrons. The molecule has 2 atom stereocenters. The molecule has 0 bridgehead atoms. The average Bonchev–Trinajstić information content (AvgIpc) is 2.82. The lowest BCUT2D eigenvalue weighted by Gasteiger charge is -2.14. The fraction of sp³-hybridized carbons (Fsp3) is 0.727. The number of rotatable bonds is 4. The molecule has 1 aliphatic heterocycles. The van der Waals surface area contributed by atoms with E-state index in [1.54, 1.807) is 7.11 Å². The van der Waals surface area contributed by atoms with Crippen molar-refractivity contribution in [3.8, 4) is 0 Å². The summed E-state index contributed by atoms with van der Waals surface area (Å²) in [6.07, 6.45) is 3.98. The van der Waals surface area contributed by atoms with Crippen LogP contribution in [0.25, 0.3) is 0 Å². The van der Waals surface area contributed by atoms with Crippen LogP contribution in [0, 0.1) is 0 Å². The minimum Gasteiger partial charge on any atom is -0.383 e. The van der Waals surface area contributed by atoms with E-state index in [1.165, 1.54) is 5.56 Å². The molecule has 1 aromatic heterocycles. The standard InChI is InChI=1S/C11H20N4O/c1-14-6-9(5-13-14)10-7-15(3-4-16-2)8-11(10)12/h5-6,10-11H,3-4,7-8,12H2,1-2H3/t10-,11+/m0/s1. The summed E-state index contributed by atoms with van der Waals surface area (Å²) in [4.78, 5) is 2.35. The summed E-state index contributed by atoms with van der Waals surface area (Å²) < 4.78 is 6.92. The van der Waals surface area contributed by atoms with Gasteiger partial charge in [0.05, 0.1) is 12.8 Å². The minimum atomic E-state index is 0.209. The molecule has 5 nitrogen and oxygen atoms in total. The Morgan fingerprint density at radius 3 is 3.00 bits per heavy atom. The molecule has 16 heavy (non-hydrogen) atoms. The third-order valence-corrected chi connectivity index (χ3v) is 3.21. The van der Waals surface area contributed by atoms with Crippen molar-refractivity contribution in [1.29, 1.82) is 0 Å². The van der Waals surface area contributed by atoms with E-state index in [0.29, 0.717) is 5.92 Å². The van der Waals surface area contributed by atoms with Crippen molar-refractivity contribution in [2.75, 3.05) is 33.4 Å². The maximum Gasteiger partial charge on any atom is 0.0589 e. The van der Waals surface area contributed by atoms with Crippen molar-refractivity contribution in [1.82, 2.24) is 14.7 Å². The van der Waals surface area contributed by atoms with E-state index in [1.807, 2.05) is 17.9 Å².